The number of amides is 1. The third-order valence-corrected chi connectivity index (χ3v) is 4.31. The molecule has 0 heterocycles. The summed E-state index contributed by atoms with van der Waals surface area (Å²) in [4.78, 5) is 17.8. The van der Waals surface area contributed by atoms with Crippen molar-refractivity contribution in [3.05, 3.63) is 0 Å². The van der Waals surface area contributed by atoms with Crippen molar-refractivity contribution < 1.29 is 4.79 Å². The lowest BCUT2D eigenvalue weighted by molar-refractivity contribution is -0.127. The number of aliphatic imine (C=N–C) groups is 1. The number of rotatable bonds is 4. The van der Waals surface area contributed by atoms with Crippen LogP contribution in [0.25, 0.3) is 0 Å². The lowest BCUT2D eigenvalue weighted by Crippen LogP contribution is -2.47. The lowest BCUT2D eigenvalue weighted by Gasteiger charge is -2.33. The molecule has 120 valence electrons. The predicted molar refractivity (Wildman–Crippen MR) is 86.3 cm³/mol. The van der Waals surface area contributed by atoms with Crippen molar-refractivity contribution in [2.24, 2.45) is 16.8 Å². The summed E-state index contributed by atoms with van der Waals surface area (Å²) < 4.78 is 0. The molecule has 2 N–H and O–H groups in total. The molecule has 5 heteroatoms. The normalized spacial score (nSPS) is 29.9. The molecular formula is C16H30N4O. The van der Waals surface area contributed by atoms with E-state index in [1.807, 2.05) is 0 Å². The molecule has 0 bridgehead atoms. The van der Waals surface area contributed by atoms with Gasteiger partial charge in [0.2, 0.25) is 5.91 Å². The molecule has 2 unspecified atom stereocenters. The standard InChI is InChI=1S/C16H30N4O/c1-11-7-12(2)9-14(8-11)19-16(18-13-5-6-13)17-10-15(21)20(3)4/h11-14H,5-10H2,1-4H3,(H2,17,18,19). The van der Waals surface area contributed by atoms with Gasteiger partial charge >= 0.3 is 0 Å². The van der Waals surface area contributed by atoms with Crippen LogP contribution in [0, 0.1) is 11.8 Å². The number of carbonyl (C=O) groups is 1. The Morgan fingerprint density at radius 1 is 1.05 bits per heavy atom. The Bertz CT molecular complexity index is 380. The van der Waals surface area contributed by atoms with E-state index < -0.39 is 0 Å². The summed E-state index contributed by atoms with van der Waals surface area (Å²) in [5.74, 6) is 2.38. The fourth-order valence-corrected chi connectivity index (χ4v) is 3.10. The molecule has 0 aromatic heterocycles. The summed E-state index contributed by atoms with van der Waals surface area (Å²) in [6.07, 6.45) is 6.12. The van der Waals surface area contributed by atoms with Crippen LogP contribution in [0.5, 0.6) is 0 Å². The van der Waals surface area contributed by atoms with Gasteiger partial charge in [0.25, 0.3) is 0 Å². The Hall–Kier alpha value is -1.26. The molecule has 2 atom stereocenters. The number of carbonyl (C=O) groups excluding carboxylic acids is 1. The molecule has 0 spiro atoms. The first kappa shape index (κ1) is 16.1. The van der Waals surface area contributed by atoms with Crippen molar-refractivity contribution in [1.29, 1.82) is 0 Å². The van der Waals surface area contributed by atoms with Gasteiger partial charge in [-0.15, -0.1) is 0 Å². The van der Waals surface area contributed by atoms with Crippen molar-refractivity contribution in [2.75, 3.05) is 20.6 Å². The highest BCUT2D eigenvalue weighted by Gasteiger charge is 2.27. The monoisotopic (exact) mass is 294 g/mol. The number of nitrogens with zero attached hydrogens (tertiary/aromatic N) is 2. The topological polar surface area (TPSA) is 56.7 Å². The third kappa shape index (κ3) is 5.56. The van der Waals surface area contributed by atoms with Gasteiger partial charge in [-0.1, -0.05) is 13.8 Å². The maximum absolute atomic E-state index is 11.7. The van der Waals surface area contributed by atoms with Crippen LogP contribution in [0.15, 0.2) is 4.99 Å². The zero-order chi connectivity index (χ0) is 15.4. The fourth-order valence-electron chi connectivity index (χ4n) is 3.10. The molecule has 5 nitrogen and oxygen atoms in total. The fraction of sp³-hybridized carbons (Fsp3) is 0.875. The zero-order valence-electron chi connectivity index (χ0n) is 13.9. The minimum atomic E-state index is 0.0391. The molecule has 1 amide bonds. The van der Waals surface area contributed by atoms with Crippen molar-refractivity contribution in [2.45, 2.75) is 58.0 Å². The van der Waals surface area contributed by atoms with E-state index in [2.05, 4.69) is 29.5 Å². The molecule has 2 saturated carbocycles. The Morgan fingerprint density at radius 2 is 1.62 bits per heavy atom. The zero-order valence-corrected chi connectivity index (χ0v) is 13.9. The average Bonchev–Trinajstić information content (AvgIpc) is 3.18. The van der Waals surface area contributed by atoms with Gasteiger partial charge in [0.1, 0.15) is 6.54 Å². The van der Waals surface area contributed by atoms with Crippen LogP contribution in [0.2, 0.25) is 0 Å². The van der Waals surface area contributed by atoms with Gasteiger partial charge in [0, 0.05) is 26.2 Å². The van der Waals surface area contributed by atoms with Crippen LogP contribution in [0.1, 0.15) is 46.0 Å². The Labute approximate surface area is 128 Å². The van der Waals surface area contributed by atoms with E-state index in [0.717, 1.165) is 17.8 Å². The summed E-state index contributed by atoms with van der Waals surface area (Å²) in [6, 6.07) is 1.02. The molecule has 2 fully saturated rings. The summed E-state index contributed by atoms with van der Waals surface area (Å²) in [5.41, 5.74) is 0. The summed E-state index contributed by atoms with van der Waals surface area (Å²) in [5, 5.41) is 6.98. The first-order valence-electron chi connectivity index (χ1n) is 8.21. The first-order chi connectivity index (χ1) is 9.94. The lowest BCUT2D eigenvalue weighted by atomic mass is 9.80. The van der Waals surface area contributed by atoms with E-state index in [0.29, 0.717) is 12.1 Å². The van der Waals surface area contributed by atoms with E-state index in [9.17, 15) is 4.79 Å². The number of hydrogen-bond donors (Lipinski definition) is 2. The Balaban J connectivity index is 1.91. The highest BCUT2D eigenvalue weighted by molar-refractivity contribution is 5.85. The molecule has 2 rings (SSSR count). The van der Waals surface area contributed by atoms with E-state index in [1.165, 1.54) is 32.1 Å². The van der Waals surface area contributed by atoms with Crippen LogP contribution in [0.3, 0.4) is 0 Å². The smallest absolute Gasteiger partial charge is 0.243 e. The highest BCUT2D eigenvalue weighted by atomic mass is 16.2. The number of nitrogens with one attached hydrogen (secondary N) is 2. The summed E-state index contributed by atoms with van der Waals surface area (Å²) >= 11 is 0. The maximum Gasteiger partial charge on any atom is 0.243 e. The van der Waals surface area contributed by atoms with Crippen LogP contribution in [0.4, 0.5) is 0 Å². The van der Waals surface area contributed by atoms with Gasteiger partial charge in [-0.05, 0) is 43.9 Å². The predicted octanol–water partition coefficient (Wildman–Crippen LogP) is 1.60. The highest BCUT2D eigenvalue weighted by Crippen LogP contribution is 2.28. The van der Waals surface area contributed by atoms with Gasteiger partial charge in [0.05, 0.1) is 0 Å². The van der Waals surface area contributed by atoms with Gasteiger partial charge < -0.3 is 15.5 Å². The largest absolute Gasteiger partial charge is 0.354 e. The minimum Gasteiger partial charge on any atom is -0.354 e. The Morgan fingerprint density at radius 3 is 2.14 bits per heavy atom. The molecule has 0 radical (unpaired) electrons. The van der Waals surface area contributed by atoms with Gasteiger partial charge in [-0.2, -0.15) is 0 Å². The third-order valence-electron chi connectivity index (χ3n) is 4.31. The van der Waals surface area contributed by atoms with Crippen molar-refractivity contribution in [3.8, 4) is 0 Å². The van der Waals surface area contributed by atoms with Gasteiger partial charge in [-0.25, -0.2) is 4.99 Å². The second kappa shape index (κ2) is 7.14. The Kier molecular flexibility index (Phi) is 5.48. The van der Waals surface area contributed by atoms with Crippen molar-refractivity contribution in [3.63, 3.8) is 0 Å². The number of hydrogen-bond acceptors (Lipinski definition) is 2. The van der Waals surface area contributed by atoms with Crippen LogP contribution < -0.4 is 10.6 Å². The summed E-state index contributed by atoms with van der Waals surface area (Å²) in [7, 11) is 3.54. The van der Waals surface area contributed by atoms with E-state index in [1.54, 1.807) is 19.0 Å². The SMILES string of the molecule is CC1CC(C)CC(NC(=NCC(=O)N(C)C)NC2CC2)C1. The molecule has 0 aromatic rings. The molecular weight excluding hydrogens is 264 g/mol. The van der Waals surface area contributed by atoms with Gasteiger partial charge in [0.15, 0.2) is 5.96 Å². The first-order valence-corrected chi connectivity index (χ1v) is 8.21. The molecule has 0 saturated heterocycles. The second-order valence-electron chi connectivity index (χ2n) is 7.13. The molecule has 2 aliphatic rings. The van der Waals surface area contributed by atoms with E-state index in [-0.39, 0.29) is 12.5 Å². The van der Waals surface area contributed by atoms with Crippen LogP contribution in [-0.4, -0.2) is 49.5 Å². The van der Waals surface area contributed by atoms with Crippen LogP contribution >= 0.6 is 0 Å². The number of guanidine groups is 1. The molecule has 21 heavy (non-hydrogen) atoms. The van der Waals surface area contributed by atoms with E-state index in [4.69, 9.17) is 0 Å². The number of likely N-dealkylation sites (N-methyl/N-ethyl adjacent to an activating group) is 1. The van der Waals surface area contributed by atoms with E-state index >= 15 is 0 Å². The summed E-state index contributed by atoms with van der Waals surface area (Å²) in [6.45, 7) is 4.86. The van der Waals surface area contributed by atoms with Crippen molar-refractivity contribution in [1.82, 2.24) is 15.5 Å². The molecule has 2 aliphatic carbocycles. The van der Waals surface area contributed by atoms with Crippen molar-refractivity contribution >= 4 is 11.9 Å². The molecule has 0 aliphatic heterocycles. The quantitative estimate of drug-likeness (QED) is 0.611. The molecule has 0 aromatic carbocycles. The van der Waals surface area contributed by atoms with Gasteiger partial charge in [-0.3, -0.25) is 4.79 Å². The minimum absolute atomic E-state index is 0.0391. The second-order valence-corrected chi connectivity index (χ2v) is 7.13. The maximum atomic E-state index is 11.7. The average molecular weight is 294 g/mol. The van der Waals surface area contributed by atoms with Crippen LogP contribution in [-0.2, 0) is 4.79 Å².